The molecule has 6 nitrogen and oxygen atoms in total. The summed E-state index contributed by atoms with van der Waals surface area (Å²) in [5.74, 6) is 6.73. The molecular formula is C27H39NO5S. The SMILES string of the molecule is COC(=O)c1sc(C#CC2(C)COC2)cc1N(C)C(=O)C1CCC(C)CC1.OC1CCCCC1. The van der Waals surface area contributed by atoms with E-state index in [1.807, 2.05) is 6.07 Å². The van der Waals surface area contributed by atoms with Gasteiger partial charge >= 0.3 is 5.97 Å². The summed E-state index contributed by atoms with van der Waals surface area (Å²) in [6.45, 7) is 5.54. The molecule has 0 radical (unpaired) electrons. The van der Waals surface area contributed by atoms with Gasteiger partial charge in [-0.1, -0.05) is 38.0 Å². The summed E-state index contributed by atoms with van der Waals surface area (Å²) in [5.41, 5.74) is 0.464. The molecule has 0 spiro atoms. The fraction of sp³-hybridized carbons (Fsp3) is 0.704. The first-order chi connectivity index (χ1) is 16.2. The Balaban J connectivity index is 0.000000396. The van der Waals surface area contributed by atoms with Crippen molar-refractivity contribution in [3.8, 4) is 11.8 Å². The van der Waals surface area contributed by atoms with Crippen LogP contribution in [0.25, 0.3) is 0 Å². The Morgan fingerprint density at radius 2 is 1.79 bits per heavy atom. The molecule has 7 heteroatoms. The van der Waals surface area contributed by atoms with E-state index in [0.717, 1.165) is 43.4 Å². The van der Waals surface area contributed by atoms with Gasteiger partial charge in [-0.05, 0) is 57.4 Å². The van der Waals surface area contributed by atoms with Crippen LogP contribution in [0.1, 0.15) is 86.2 Å². The van der Waals surface area contributed by atoms with Gasteiger partial charge in [0, 0.05) is 13.0 Å². The van der Waals surface area contributed by atoms with Crippen LogP contribution < -0.4 is 4.90 Å². The first-order valence-electron chi connectivity index (χ1n) is 12.5. The van der Waals surface area contributed by atoms with Crippen LogP contribution in [0.3, 0.4) is 0 Å². The van der Waals surface area contributed by atoms with Gasteiger partial charge in [-0.15, -0.1) is 11.3 Å². The predicted octanol–water partition coefficient (Wildman–Crippen LogP) is 5.02. The van der Waals surface area contributed by atoms with Crippen LogP contribution in [0.5, 0.6) is 0 Å². The van der Waals surface area contributed by atoms with Gasteiger partial charge in [-0.2, -0.15) is 0 Å². The summed E-state index contributed by atoms with van der Waals surface area (Å²) in [6, 6.07) is 1.83. The minimum atomic E-state index is -0.432. The van der Waals surface area contributed by atoms with Crippen molar-refractivity contribution in [3.05, 3.63) is 15.8 Å². The van der Waals surface area contributed by atoms with Crippen molar-refractivity contribution in [2.45, 2.75) is 77.7 Å². The van der Waals surface area contributed by atoms with Gasteiger partial charge in [0.1, 0.15) is 4.88 Å². The first kappa shape index (κ1) is 26.7. The lowest BCUT2D eigenvalue weighted by Crippen LogP contribution is -2.38. The zero-order valence-electron chi connectivity index (χ0n) is 21.0. The molecule has 0 aromatic carbocycles. The monoisotopic (exact) mass is 489 g/mol. The van der Waals surface area contributed by atoms with E-state index >= 15 is 0 Å². The van der Waals surface area contributed by atoms with Crippen molar-refractivity contribution < 1.29 is 24.2 Å². The number of rotatable bonds is 3. The fourth-order valence-electron chi connectivity index (χ4n) is 4.60. The van der Waals surface area contributed by atoms with Gasteiger partial charge in [0.2, 0.25) is 5.91 Å². The van der Waals surface area contributed by atoms with Crippen LogP contribution in [-0.4, -0.2) is 50.5 Å². The van der Waals surface area contributed by atoms with Gasteiger partial charge in [0.25, 0.3) is 0 Å². The Hall–Kier alpha value is -1.88. The topological polar surface area (TPSA) is 76.1 Å². The van der Waals surface area contributed by atoms with Crippen LogP contribution >= 0.6 is 11.3 Å². The average Bonchev–Trinajstić information content (AvgIpc) is 3.26. The lowest BCUT2D eigenvalue weighted by atomic mass is 9.82. The molecule has 188 valence electrons. The first-order valence-corrected chi connectivity index (χ1v) is 13.3. The molecule has 1 aromatic heterocycles. The number of thiophene rings is 1. The molecular weight excluding hydrogens is 450 g/mol. The van der Waals surface area contributed by atoms with Crippen molar-refractivity contribution in [1.29, 1.82) is 0 Å². The Bertz CT molecular complexity index is 896. The number of nitrogens with zero attached hydrogens (tertiary/aromatic N) is 1. The highest BCUT2D eigenvalue weighted by Gasteiger charge is 2.32. The zero-order chi connectivity index (χ0) is 24.7. The number of carbonyl (C=O) groups excluding carboxylic acids is 2. The second-order valence-corrected chi connectivity index (χ2v) is 11.3. The summed E-state index contributed by atoms with van der Waals surface area (Å²) in [6.07, 6.45) is 9.90. The maximum atomic E-state index is 13.0. The minimum Gasteiger partial charge on any atom is -0.465 e. The van der Waals surface area contributed by atoms with E-state index in [1.165, 1.54) is 37.7 Å². The molecule has 0 unspecified atom stereocenters. The van der Waals surface area contributed by atoms with Crippen molar-refractivity contribution >= 4 is 28.9 Å². The molecule has 34 heavy (non-hydrogen) atoms. The number of esters is 1. The summed E-state index contributed by atoms with van der Waals surface area (Å²) in [5, 5.41) is 8.91. The largest absolute Gasteiger partial charge is 0.465 e. The van der Waals surface area contributed by atoms with Crippen LogP contribution in [0.2, 0.25) is 0 Å². The Labute approximate surface area is 208 Å². The van der Waals surface area contributed by atoms with Crippen molar-refractivity contribution in [2.75, 3.05) is 32.3 Å². The van der Waals surface area contributed by atoms with E-state index in [2.05, 4.69) is 25.7 Å². The van der Waals surface area contributed by atoms with E-state index < -0.39 is 5.97 Å². The lowest BCUT2D eigenvalue weighted by molar-refractivity contribution is -0.123. The van der Waals surface area contributed by atoms with Crippen LogP contribution in [0, 0.1) is 29.1 Å². The third-order valence-corrected chi connectivity index (χ3v) is 8.06. The van der Waals surface area contributed by atoms with E-state index in [-0.39, 0.29) is 23.3 Å². The highest BCUT2D eigenvalue weighted by Crippen LogP contribution is 2.35. The minimum absolute atomic E-state index is 0.0252. The number of aliphatic hydroxyl groups is 1. The Morgan fingerprint density at radius 3 is 2.29 bits per heavy atom. The normalized spacial score (nSPS) is 23.9. The molecule has 0 atom stereocenters. The fourth-order valence-corrected chi connectivity index (χ4v) is 5.56. The van der Waals surface area contributed by atoms with Gasteiger partial charge in [-0.25, -0.2) is 4.79 Å². The highest BCUT2D eigenvalue weighted by molar-refractivity contribution is 7.15. The maximum absolute atomic E-state index is 13.0. The average molecular weight is 490 g/mol. The number of ether oxygens (including phenoxy) is 2. The standard InChI is InChI=1S/C21H27NO4S.C6H12O/c1-14-5-7-15(8-6-14)19(23)22(3)17-11-16(27-18(17)20(24)25-4)9-10-21(2)12-26-13-21;7-6-4-2-1-3-5-6/h11,14-15H,5-8,12-13H2,1-4H3;6-7H,1-5H2. The number of aliphatic hydroxyl groups excluding tert-OH is 1. The third kappa shape index (κ3) is 7.07. The number of hydrogen-bond donors (Lipinski definition) is 1. The highest BCUT2D eigenvalue weighted by atomic mass is 32.1. The molecule has 1 amide bonds. The van der Waals surface area contributed by atoms with Gasteiger partial charge in [0.15, 0.2) is 0 Å². The van der Waals surface area contributed by atoms with E-state index in [1.54, 1.807) is 11.9 Å². The number of carbonyl (C=O) groups is 2. The molecule has 0 bridgehead atoms. The molecule has 2 heterocycles. The molecule has 1 aliphatic heterocycles. The van der Waals surface area contributed by atoms with Crippen molar-refractivity contribution in [3.63, 3.8) is 0 Å². The van der Waals surface area contributed by atoms with Crippen molar-refractivity contribution in [1.82, 2.24) is 0 Å². The maximum Gasteiger partial charge on any atom is 0.350 e. The summed E-state index contributed by atoms with van der Waals surface area (Å²) in [4.78, 5) is 28.0. The molecule has 1 N–H and O–H groups in total. The quantitative estimate of drug-likeness (QED) is 0.476. The van der Waals surface area contributed by atoms with E-state index in [4.69, 9.17) is 14.6 Å². The Morgan fingerprint density at radius 1 is 1.15 bits per heavy atom. The molecule has 1 aromatic rings. The molecule has 1 saturated heterocycles. The summed E-state index contributed by atoms with van der Waals surface area (Å²) < 4.78 is 10.2. The van der Waals surface area contributed by atoms with Crippen LogP contribution in [0.15, 0.2) is 6.07 Å². The second-order valence-electron chi connectivity index (χ2n) is 10.3. The Kier molecular flexibility index (Phi) is 9.58. The number of hydrogen-bond acceptors (Lipinski definition) is 6. The zero-order valence-corrected chi connectivity index (χ0v) is 21.8. The number of amides is 1. The third-order valence-electron chi connectivity index (χ3n) is 7.04. The number of anilines is 1. The summed E-state index contributed by atoms with van der Waals surface area (Å²) >= 11 is 1.28. The number of methoxy groups -OCH3 is 1. The van der Waals surface area contributed by atoms with Gasteiger partial charge in [0.05, 0.1) is 42.4 Å². The van der Waals surface area contributed by atoms with Crippen LogP contribution in [0.4, 0.5) is 5.69 Å². The van der Waals surface area contributed by atoms with E-state index in [9.17, 15) is 9.59 Å². The van der Waals surface area contributed by atoms with Crippen LogP contribution in [-0.2, 0) is 14.3 Å². The molecule has 4 rings (SSSR count). The molecule has 2 aliphatic carbocycles. The lowest BCUT2D eigenvalue weighted by Gasteiger charge is -2.32. The van der Waals surface area contributed by atoms with Gasteiger partial charge < -0.3 is 19.5 Å². The second kappa shape index (κ2) is 12.2. The van der Waals surface area contributed by atoms with E-state index in [0.29, 0.717) is 29.7 Å². The predicted molar refractivity (Wildman–Crippen MR) is 135 cm³/mol. The smallest absolute Gasteiger partial charge is 0.350 e. The van der Waals surface area contributed by atoms with Gasteiger partial charge in [-0.3, -0.25) is 4.79 Å². The molecule has 3 fully saturated rings. The molecule has 2 saturated carbocycles. The molecule has 3 aliphatic rings. The summed E-state index contributed by atoms with van der Waals surface area (Å²) in [7, 11) is 3.10. The van der Waals surface area contributed by atoms with Crippen molar-refractivity contribution in [2.24, 2.45) is 17.3 Å².